The first-order valence-electron chi connectivity index (χ1n) is 7.24. The highest BCUT2D eigenvalue weighted by Gasteiger charge is 2.30. The van der Waals surface area contributed by atoms with Crippen LogP contribution in [0.5, 0.6) is 0 Å². The number of nitrogens with zero attached hydrogens (tertiary/aromatic N) is 3. The summed E-state index contributed by atoms with van der Waals surface area (Å²) in [6.45, 7) is 7.67. The smallest absolute Gasteiger partial charge is 0.306 e. The quantitative estimate of drug-likeness (QED) is 0.888. The minimum Gasteiger partial charge on any atom is -0.481 e. The number of hydrogen-bond donors (Lipinski definition) is 1. The molecule has 1 aromatic heterocycles. The van der Waals surface area contributed by atoms with Gasteiger partial charge in [0.25, 0.3) is 0 Å². The number of hydrogen-bond acceptors (Lipinski definition) is 5. The molecular weight excluding hydrogens is 258 g/mol. The molecule has 1 aliphatic rings. The van der Waals surface area contributed by atoms with E-state index in [0.29, 0.717) is 31.2 Å². The normalized spacial score (nSPS) is 24.2. The molecule has 0 aromatic carbocycles. The van der Waals surface area contributed by atoms with Crippen LogP contribution < -0.4 is 0 Å². The minimum atomic E-state index is -0.687. The van der Waals surface area contributed by atoms with Crippen LogP contribution in [-0.2, 0) is 17.8 Å². The summed E-state index contributed by atoms with van der Waals surface area (Å²) in [6, 6.07) is 0.227. The van der Waals surface area contributed by atoms with E-state index in [9.17, 15) is 4.79 Å². The second-order valence-electron chi connectivity index (χ2n) is 6.08. The molecule has 1 aliphatic heterocycles. The molecule has 0 bridgehead atoms. The monoisotopic (exact) mass is 281 g/mol. The maximum atomic E-state index is 11.0. The van der Waals surface area contributed by atoms with Crippen LogP contribution in [0.25, 0.3) is 0 Å². The summed E-state index contributed by atoms with van der Waals surface area (Å²) in [4.78, 5) is 17.6. The van der Waals surface area contributed by atoms with Crippen molar-refractivity contribution >= 4 is 5.97 Å². The molecule has 6 heteroatoms. The lowest BCUT2D eigenvalue weighted by atomic mass is 9.92. The number of carboxylic acids is 1. The molecule has 112 valence electrons. The van der Waals surface area contributed by atoms with Crippen molar-refractivity contribution in [3.8, 4) is 0 Å². The van der Waals surface area contributed by atoms with Gasteiger partial charge in [-0.15, -0.1) is 0 Å². The molecule has 2 heterocycles. The standard InChI is InChI=1S/C14H23N3O3/c1-9(2)6-12-15-13(20-16-12)8-17-5-4-11(14(18)19)7-10(17)3/h9-11H,4-8H2,1-3H3,(H,18,19). The Morgan fingerprint density at radius 1 is 1.55 bits per heavy atom. The van der Waals surface area contributed by atoms with Crippen molar-refractivity contribution in [1.29, 1.82) is 0 Å². The zero-order chi connectivity index (χ0) is 14.7. The van der Waals surface area contributed by atoms with E-state index in [1.54, 1.807) is 0 Å². The first-order valence-corrected chi connectivity index (χ1v) is 7.24. The average molecular weight is 281 g/mol. The Labute approximate surface area is 119 Å². The van der Waals surface area contributed by atoms with E-state index in [2.05, 4.69) is 35.8 Å². The van der Waals surface area contributed by atoms with Crippen molar-refractivity contribution in [2.24, 2.45) is 11.8 Å². The fraction of sp³-hybridized carbons (Fsp3) is 0.786. The van der Waals surface area contributed by atoms with Gasteiger partial charge in [0.05, 0.1) is 12.5 Å². The first-order chi connectivity index (χ1) is 9.45. The highest BCUT2D eigenvalue weighted by Crippen LogP contribution is 2.24. The van der Waals surface area contributed by atoms with Crippen LogP contribution in [0.1, 0.15) is 45.3 Å². The van der Waals surface area contributed by atoms with Crippen molar-refractivity contribution < 1.29 is 14.4 Å². The third-order valence-corrected chi connectivity index (χ3v) is 3.80. The second-order valence-corrected chi connectivity index (χ2v) is 6.08. The maximum Gasteiger partial charge on any atom is 0.306 e. The number of aliphatic carboxylic acids is 1. The zero-order valence-corrected chi connectivity index (χ0v) is 12.4. The van der Waals surface area contributed by atoms with Crippen molar-refractivity contribution in [2.75, 3.05) is 6.54 Å². The van der Waals surface area contributed by atoms with Crippen LogP contribution >= 0.6 is 0 Å². The van der Waals surface area contributed by atoms with E-state index < -0.39 is 5.97 Å². The van der Waals surface area contributed by atoms with Gasteiger partial charge in [-0.1, -0.05) is 19.0 Å². The van der Waals surface area contributed by atoms with E-state index in [1.165, 1.54) is 0 Å². The predicted octanol–water partition coefficient (Wildman–Crippen LogP) is 1.95. The number of carboxylic acid groups (broad SMARTS) is 1. The van der Waals surface area contributed by atoms with Gasteiger partial charge in [-0.2, -0.15) is 4.98 Å². The molecule has 0 aliphatic carbocycles. The SMILES string of the molecule is CC(C)Cc1noc(CN2CCC(C(=O)O)CC2C)n1. The minimum absolute atomic E-state index is 0.222. The number of rotatable bonds is 5. The van der Waals surface area contributed by atoms with E-state index >= 15 is 0 Å². The Kier molecular flexibility index (Phi) is 4.75. The molecule has 2 rings (SSSR count). The summed E-state index contributed by atoms with van der Waals surface area (Å²) < 4.78 is 5.27. The van der Waals surface area contributed by atoms with Crippen LogP contribution in [0.2, 0.25) is 0 Å². The summed E-state index contributed by atoms with van der Waals surface area (Å²) >= 11 is 0. The largest absolute Gasteiger partial charge is 0.481 e. The molecule has 2 atom stereocenters. The van der Waals surface area contributed by atoms with Gasteiger partial charge in [0, 0.05) is 12.5 Å². The fourth-order valence-corrected chi connectivity index (χ4v) is 2.66. The summed E-state index contributed by atoms with van der Waals surface area (Å²) in [7, 11) is 0. The van der Waals surface area contributed by atoms with Gasteiger partial charge in [-0.25, -0.2) is 0 Å². The van der Waals surface area contributed by atoms with Gasteiger partial charge in [0.2, 0.25) is 5.89 Å². The molecule has 0 spiro atoms. The van der Waals surface area contributed by atoms with Crippen molar-refractivity contribution in [1.82, 2.24) is 15.0 Å². The number of aromatic nitrogens is 2. The molecule has 0 amide bonds. The molecule has 6 nitrogen and oxygen atoms in total. The zero-order valence-electron chi connectivity index (χ0n) is 12.4. The lowest BCUT2D eigenvalue weighted by Gasteiger charge is -2.35. The highest BCUT2D eigenvalue weighted by atomic mass is 16.5. The van der Waals surface area contributed by atoms with Crippen LogP contribution in [0.3, 0.4) is 0 Å². The third-order valence-electron chi connectivity index (χ3n) is 3.80. The van der Waals surface area contributed by atoms with E-state index in [1.807, 2.05) is 0 Å². The topological polar surface area (TPSA) is 79.5 Å². The van der Waals surface area contributed by atoms with Crippen LogP contribution in [-0.4, -0.2) is 38.7 Å². The summed E-state index contributed by atoms with van der Waals surface area (Å²) in [5.74, 6) is 0.976. The fourth-order valence-electron chi connectivity index (χ4n) is 2.66. The van der Waals surface area contributed by atoms with E-state index in [4.69, 9.17) is 9.63 Å². The number of carbonyl (C=O) groups is 1. The van der Waals surface area contributed by atoms with Crippen LogP contribution in [0.4, 0.5) is 0 Å². The molecule has 1 fully saturated rings. The molecule has 2 unspecified atom stereocenters. The summed E-state index contributed by atoms with van der Waals surface area (Å²) in [5, 5.41) is 13.0. The Morgan fingerprint density at radius 3 is 2.90 bits per heavy atom. The van der Waals surface area contributed by atoms with Gasteiger partial charge >= 0.3 is 5.97 Å². The number of piperidine rings is 1. The Balaban J connectivity index is 1.90. The molecule has 1 saturated heterocycles. The van der Waals surface area contributed by atoms with E-state index in [-0.39, 0.29) is 12.0 Å². The Morgan fingerprint density at radius 2 is 2.30 bits per heavy atom. The molecule has 0 saturated carbocycles. The Bertz CT molecular complexity index is 458. The summed E-state index contributed by atoms with van der Waals surface area (Å²) in [5.41, 5.74) is 0. The third kappa shape index (κ3) is 3.79. The Hall–Kier alpha value is -1.43. The van der Waals surface area contributed by atoms with Crippen LogP contribution in [0, 0.1) is 11.8 Å². The second kappa shape index (κ2) is 6.35. The summed E-state index contributed by atoms with van der Waals surface area (Å²) in [6.07, 6.45) is 2.19. The average Bonchev–Trinajstić information content (AvgIpc) is 2.78. The van der Waals surface area contributed by atoms with Gasteiger partial charge in [-0.05, 0) is 32.2 Å². The molecule has 1 N–H and O–H groups in total. The molecular formula is C14H23N3O3. The van der Waals surface area contributed by atoms with Crippen LogP contribution in [0.15, 0.2) is 4.52 Å². The predicted molar refractivity (Wildman–Crippen MR) is 73.1 cm³/mol. The number of likely N-dealkylation sites (tertiary alicyclic amines) is 1. The van der Waals surface area contributed by atoms with Gasteiger partial charge in [0.1, 0.15) is 0 Å². The first kappa shape index (κ1) is 15.0. The molecule has 0 radical (unpaired) electrons. The maximum absolute atomic E-state index is 11.0. The van der Waals surface area contributed by atoms with Crippen molar-refractivity contribution in [3.05, 3.63) is 11.7 Å². The van der Waals surface area contributed by atoms with Crippen molar-refractivity contribution in [3.63, 3.8) is 0 Å². The van der Waals surface area contributed by atoms with Gasteiger partial charge in [0.15, 0.2) is 5.82 Å². The van der Waals surface area contributed by atoms with Gasteiger partial charge < -0.3 is 9.63 Å². The molecule has 20 heavy (non-hydrogen) atoms. The van der Waals surface area contributed by atoms with Crippen molar-refractivity contribution in [2.45, 2.75) is 52.6 Å². The lowest BCUT2D eigenvalue weighted by molar-refractivity contribution is -0.144. The van der Waals surface area contributed by atoms with Gasteiger partial charge in [-0.3, -0.25) is 9.69 Å². The highest BCUT2D eigenvalue weighted by molar-refractivity contribution is 5.70. The molecule has 1 aromatic rings. The lowest BCUT2D eigenvalue weighted by Crippen LogP contribution is -2.42. The van der Waals surface area contributed by atoms with E-state index in [0.717, 1.165) is 18.8 Å².